The van der Waals surface area contributed by atoms with Gasteiger partial charge in [-0.25, -0.2) is 9.97 Å². The molecule has 4 N–H and O–H groups in total. The summed E-state index contributed by atoms with van der Waals surface area (Å²) < 4.78 is 0. The van der Waals surface area contributed by atoms with Crippen LogP contribution < -0.4 is 21.3 Å². The predicted octanol–water partition coefficient (Wildman–Crippen LogP) is 15.0. The second kappa shape index (κ2) is 20.0. The van der Waals surface area contributed by atoms with Crippen LogP contribution in [0.2, 0.25) is 0 Å². The van der Waals surface area contributed by atoms with Crippen LogP contribution in [0.15, 0.2) is 243 Å². The van der Waals surface area contributed by atoms with Crippen LogP contribution in [0.5, 0.6) is 0 Å². The molecule has 10 nitrogen and oxygen atoms in total. The summed E-state index contributed by atoms with van der Waals surface area (Å²) in [4.78, 5) is 28.0. The van der Waals surface area contributed by atoms with Gasteiger partial charge in [-0.1, -0.05) is 48.5 Å². The van der Waals surface area contributed by atoms with E-state index in [4.69, 9.17) is 9.97 Å². The zero-order valence-corrected chi connectivity index (χ0v) is 37.8. The molecule has 70 heavy (non-hydrogen) atoms. The lowest BCUT2D eigenvalue weighted by atomic mass is 10.0. The zero-order chi connectivity index (χ0) is 46.9. The van der Waals surface area contributed by atoms with Gasteiger partial charge in [0.1, 0.15) is 0 Å². The highest BCUT2D eigenvalue weighted by molar-refractivity contribution is 5.78. The van der Waals surface area contributed by atoms with Crippen molar-refractivity contribution < 1.29 is 0 Å². The van der Waals surface area contributed by atoms with Crippen LogP contribution in [0.3, 0.4) is 0 Å². The van der Waals surface area contributed by atoms with E-state index >= 15 is 0 Å². The van der Waals surface area contributed by atoms with Crippen molar-refractivity contribution in [2.45, 2.75) is 0 Å². The minimum Gasteiger partial charge on any atom is -0.356 e. The summed E-state index contributed by atoms with van der Waals surface area (Å²) in [5.74, 6) is 0. The molecule has 0 aliphatic heterocycles. The molecule has 5 aromatic carbocycles. The van der Waals surface area contributed by atoms with Gasteiger partial charge in [-0.15, -0.1) is 0 Å². The van der Waals surface area contributed by atoms with Crippen LogP contribution in [0, 0.1) is 0 Å². The highest BCUT2D eigenvalue weighted by Gasteiger charge is 2.13. The third-order valence-electron chi connectivity index (χ3n) is 11.6. The molecule has 0 bridgehead atoms. The van der Waals surface area contributed by atoms with Crippen LogP contribution >= 0.6 is 0 Å². The zero-order valence-electron chi connectivity index (χ0n) is 37.8. The average molecular weight is 905 g/mol. The van der Waals surface area contributed by atoms with Crippen LogP contribution in [-0.4, -0.2) is 29.9 Å². The number of nitrogens with one attached hydrogen (secondary N) is 4. The van der Waals surface area contributed by atoms with Crippen LogP contribution in [-0.2, 0) is 0 Å². The van der Waals surface area contributed by atoms with Crippen LogP contribution in [0.25, 0.3) is 67.8 Å². The van der Waals surface area contributed by atoms with Crippen LogP contribution in [0.1, 0.15) is 0 Å². The van der Waals surface area contributed by atoms with Crippen molar-refractivity contribution >= 4 is 45.5 Å². The number of pyridine rings is 6. The molecule has 11 aromatic rings. The van der Waals surface area contributed by atoms with E-state index in [2.05, 4.69) is 187 Å². The third-order valence-corrected chi connectivity index (χ3v) is 11.6. The summed E-state index contributed by atoms with van der Waals surface area (Å²) in [6.45, 7) is 0. The molecule has 0 aliphatic carbocycles. The lowest BCUT2D eigenvalue weighted by Crippen LogP contribution is -1.95. The van der Waals surface area contributed by atoms with Gasteiger partial charge in [0, 0.05) is 70.3 Å². The first kappa shape index (κ1) is 42.8. The van der Waals surface area contributed by atoms with Crippen molar-refractivity contribution in [2.75, 3.05) is 21.3 Å². The van der Waals surface area contributed by atoms with Crippen LogP contribution in [0.4, 0.5) is 45.5 Å². The number of benzene rings is 5. The molecular weight excluding hydrogens is 861 g/mol. The van der Waals surface area contributed by atoms with Gasteiger partial charge in [0.15, 0.2) is 0 Å². The summed E-state index contributed by atoms with van der Waals surface area (Å²) in [5.41, 5.74) is 18.6. The van der Waals surface area contributed by atoms with E-state index in [1.54, 1.807) is 24.8 Å². The van der Waals surface area contributed by atoms with E-state index in [0.29, 0.717) is 0 Å². The number of aromatic nitrogens is 6. The molecule has 0 fully saturated rings. The van der Waals surface area contributed by atoms with Gasteiger partial charge in [0.05, 0.1) is 45.6 Å². The third kappa shape index (κ3) is 10.3. The fourth-order valence-electron chi connectivity index (χ4n) is 8.05. The highest BCUT2D eigenvalue weighted by atomic mass is 14.9. The average Bonchev–Trinajstić information content (AvgIpc) is 3.43. The molecule has 0 atom stereocenters. The minimum absolute atomic E-state index is 0.799. The highest BCUT2D eigenvalue weighted by Crippen LogP contribution is 2.33. The summed E-state index contributed by atoms with van der Waals surface area (Å²) in [6, 6.07) is 73.4. The van der Waals surface area contributed by atoms with E-state index < -0.39 is 0 Å². The van der Waals surface area contributed by atoms with Crippen molar-refractivity contribution in [1.82, 2.24) is 29.9 Å². The Morgan fingerprint density at radius 2 is 0.414 bits per heavy atom. The van der Waals surface area contributed by atoms with Gasteiger partial charge in [0.2, 0.25) is 0 Å². The molecule has 6 heterocycles. The first-order chi connectivity index (χ1) is 34.6. The topological polar surface area (TPSA) is 125 Å². The number of rotatable bonds is 14. The Hall–Kier alpha value is -9.80. The molecular formula is C60H44N10. The summed E-state index contributed by atoms with van der Waals surface area (Å²) >= 11 is 0. The molecule has 334 valence electrons. The van der Waals surface area contributed by atoms with Crippen molar-refractivity contribution in [3.05, 3.63) is 243 Å². The predicted molar refractivity (Wildman–Crippen MR) is 285 cm³/mol. The normalized spacial score (nSPS) is 10.9. The van der Waals surface area contributed by atoms with Gasteiger partial charge < -0.3 is 21.3 Å². The second-order valence-corrected chi connectivity index (χ2v) is 16.5. The van der Waals surface area contributed by atoms with E-state index in [9.17, 15) is 0 Å². The van der Waals surface area contributed by atoms with Crippen molar-refractivity contribution in [2.24, 2.45) is 0 Å². The fraction of sp³-hybridized carbons (Fsp3) is 0. The molecule has 0 amide bonds. The van der Waals surface area contributed by atoms with Gasteiger partial charge in [-0.2, -0.15) is 0 Å². The lowest BCUT2D eigenvalue weighted by molar-refractivity contribution is 1.22. The maximum atomic E-state index is 4.91. The molecule has 0 saturated heterocycles. The van der Waals surface area contributed by atoms with Crippen molar-refractivity contribution in [1.29, 1.82) is 0 Å². The van der Waals surface area contributed by atoms with Crippen molar-refractivity contribution in [3.63, 3.8) is 0 Å². The maximum absolute atomic E-state index is 4.91. The quantitative estimate of drug-likeness (QED) is 0.0838. The maximum Gasteiger partial charge on any atom is 0.0900 e. The van der Waals surface area contributed by atoms with Gasteiger partial charge in [0.25, 0.3) is 0 Å². The smallest absolute Gasteiger partial charge is 0.0900 e. The number of nitrogens with zero attached hydrogens (tertiary/aromatic N) is 6. The Balaban J connectivity index is 0.687. The Labute approximate surface area is 406 Å². The molecule has 11 rings (SSSR count). The number of hydrogen-bond acceptors (Lipinski definition) is 10. The molecule has 0 unspecified atom stereocenters. The molecule has 0 saturated carbocycles. The molecule has 0 radical (unpaired) electrons. The summed E-state index contributed by atoms with van der Waals surface area (Å²) in [5, 5.41) is 14.1. The van der Waals surface area contributed by atoms with E-state index in [1.165, 1.54) is 0 Å². The van der Waals surface area contributed by atoms with Gasteiger partial charge in [-0.05, 0) is 192 Å². The Morgan fingerprint density at radius 3 is 0.614 bits per heavy atom. The Kier molecular flexibility index (Phi) is 12.2. The first-order valence-corrected chi connectivity index (χ1v) is 22.9. The Bertz CT molecular complexity index is 3120. The first-order valence-electron chi connectivity index (χ1n) is 22.9. The van der Waals surface area contributed by atoms with E-state index in [0.717, 1.165) is 113 Å². The minimum atomic E-state index is 0.799. The largest absolute Gasteiger partial charge is 0.356 e. The molecule has 6 aromatic heterocycles. The second-order valence-electron chi connectivity index (χ2n) is 16.5. The number of anilines is 8. The summed E-state index contributed by atoms with van der Waals surface area (Å²) in [7, 11) is 0. The fourth-order valence-corrected chi connectivity index (χ4v) is 8.05. The molecule has 0 aliphatic rings. The standard InChI is InChI=1S/C60H44N10/c1-5-33-61-53(9-1)57-37-43(38-58(69-57)54-10-2-6-34-62-54)41-13-17-45(18-14-41)65-47-21-25-49(26-22-47)67-51-29-31-52(32-30-51)68-50-27-23-48(24-28-50)66-46-19-15-42(16-20-46)44-39-59(55-11-3-7-35-63-55)70-60(40-44)56-12-4-8-36-64-56/h1-40,65-68H. The Morgan fingerprint density at radius 1 is 0.200 bits per heavy atom. The summed E-state index contributed by atoms with van der Waals surface area (Å²) in [6.07, 6.45) is 7.15. The molecule has 10 heteroatoms. The molecule has 0 spiro atoms. The number of hydrogen-bond donors (Lipinski definition) is 4. The van der Waals surface area contributed by atoms with E-state index in [-0.39, 0.29) is 0 Å². The van der Waals surface area contributed by atoms with Gasteiger partial charge >= 0.3 is 0 Å². The van der Waals surface area contributed by atoms with Crippen molar-refractivity contribution in [3.8, 4) is 67.8 Å². The SMILES string of the molecule is c1ccc(-c2cc(-c3ccc(Nc4ccc(Nc5ccc(Nc6ccc(Nc7ccc(-c8cc(-c9ccccn9)nc(-c9ccccn9)c8)cc7)cc6)cc5)cc4)cc3)cc(-c3ccccn3)n2)nc1. The van der Waals surface area contributed by atoms with Gasteiger partial charge in [-0.3, -0.25) is 19.9 Å². The lowest BCUT2D eigenvalue weighted by Gasteiger charge is -2.12. The monoisotopic (exact) mass is 904 g/mol. The van der Waals surface area contributed by atoms with E-state index in [1.807, 2.05) is 72.8 Å².